The largest absolute Gasteiger partial charge is 0.467 e. The van der Waals surface area contributed by atoms with Gasteiger partial charge in [-0.05, 0) is 51.9 Å². The molecule has 150 valence electrons. The molecule has 2 saturated heterocycles. The minimum atomic E-state index is -3.17. The summed E-state index contributed by atoms with van der Waals surface area (Å²) in [5.74, 6) is -0.0344. The first-order valence-corrected chi connectivity index (χ1v) is 10.8. The van der Waals surface area contributed by atoms with E-state index in [-0.39, 0.29) is 11.8 Å². The van der Waals surface area contributed by atoms with Gasteiger partial charge in [-0.25, -0.2) is 22.3 Å². The van der Waals surface area contributed by atoms with Crippen molar-refractivity contribution in [3.8, 4) is 0 Å². The topological polar surface area (TPSA) is 93.2 Å². The molecule has 26 heavy (non-hydrogen) atoms. The molecule has 2 aliphatic heterocycles. The molecule has 2 fully saturated rings. The van der Waals surface area contributed by atoms with Gasteiger partial charge >= 0.3 is 12.1 Å². The molecule has 0 spiro atoms. The SMILES string of the molecule is COC(=O)[C@@H]1C[C@H](C2CCN(S(C)(=O)=O)CC2)CN1C(=O)OC(C)(C)C. The second kappa shape index (κ2) is 7.72. The Morgan fingerprint density at radius 2 is 1.65 bits per heavy atom. The summed E-state index contributed by atoms with van der Waals surface area (Å²) >= 11 is 0. The first-order chi connectivity index (χ1) is 11.9. The molecule has 0 unspecified atom stereocenters. The van der Waals surface area contributed by atoms with Gasteiger partial charge in [0.1, 0.15) is 11.6 Å². The summed E-state index contributed by atoms with van der Waals surface area (Å²) in [5.41, 5.74) is -0.642. The lowest BCUT2D eigenvalue weighted by atomic mass is 9.83. The number of methoxy groups -OCH3 is 1. The summed E-state index contributed by atoms with van der Waals surface area (Å²) in [6, 6.07) is -0.646. The number of carbonyl (C=O) groups excluding carboxylic acids is 2. The molecule has 2 rings (SSSR count). The van der Waals surface area contributed by atoms with Gasteiger partial charge in [0, 0.05) is 19.6 Å². The van der Waals surface area contributed by atoms with Crippen LogP contribution in [0.5, 0.6) is 0 Å². The van der Waals surface area contributed by atoms with Crippen molar-refractivity contribution >= 4 is 22.1 Å². The zero-order chi connectivity index (χ0) is 19.7. The van der Waals surface area contributed by atoms with Crippen LogP contribution in [0.4, 0.5) is 4.79 Å². The van der Waals surface area contributed by atoms with Crippen LogP contribution < -0.4 is 0 Å². The zero-order valence-corrected chi connectivity index (χ0v) is 17.0. The molecule has 0 aromatic carbocycles. The Balaban J connectivity index is 2.06. The number of sulfonamides is 1. The number of hydrogen-bond acceptors (Lipinski definition) is 6. The fourth-order valence-electron chi connectivity index (χ4n) is 3.77. The molecule has 1 amide bonds. The molecule has 0 aliphatic carbocycles. The number of ether oxygens (including phenoxy) is 2. The summed E-state index contributed by atoms with van der Waals surface area (Å²) in [5, 5.41) is 0. The van der Waals surface area contributed by atoms with Crippen molar-refractivity contribution < 1.29 is 27.5 Å². The van der Waals surface area contributed by atoms with Gasteiger partial charge in [0.25, 0.3) is 0 Å². The fourth-order valence-corrected chi connectivity index (χ4v) is 4.64. The summed E-state index contributed by atoms with van der Waals surface area (Å²) < 4.78 is 35.1. The lowest BCUT2D eigenvalue weighted by Crippen LogP contribution is -2.44. The number of nitrogens with zero attached hydrogens (tertiary/aromatic N) is 2. The molecule has 0 aromatic rings. The third-order valence-corrected chi connectivity index (χ3v) is 6.37. The molecular formula is C17H30N2O6S. The number of hydrogen-bond donors (Lipinski definition) is 0. The summed E-state index contributed by atoms with van der Waals surface area (Å²) in [7, 11) is -1.86. The monoisotopic (exact) mass is 390 g/mol. The highest BCUT2D eigenvalue weighted by Gasteiger charge is 2.45. The van der Waals surface area contributed by atoms with Crippen LogP contribution in [-0.2, 0) is 24.3 Å². The predicted molar refractivity (Wildman–Crippen MR) is 96.0 cm³/mol. The number of esters is 1. The second-order valence-electron chi connectivity index (χ2n) is 8.17. The van der Waals surface area contributed by atoms with Crippen LogP contribution in [0, 0.1) is 11.8 Å². The minimum Gasteiger partial charge on any atom is -0.467 e. The molecule has 2 aliphatic rings. The molecule has 0 saturated carbocycles. The smallest absolute Gasteiger partial charge is 0.411 e. The van der Waals surface area contributed by atoms with Crippen LogP contribution in [0.15, 0.2) is 0 Å². The van der Waals surface area contributed by atoms with Crippen LogP contribution in [0.1, 0.15) is 40.0 Å². The minimum absolute atomic E-state index is 0.133. The Hall–Kier alpha value is -1.35. The number of likely N-dealkylation sites (tertiary alicyclic amines) is 1. The van der Waals surface area contributed by atoms with Crippen LogP contribution in [0.2, 0.25) is 0 Å². The van der Waals surface area contributed by atoms with Crippen LogP contribution in [-0.4, -0.2) is 74.3 Å². The number of amides is 1. The first kappa shape index (κ1) is 21.0. The van der Waals surface area contributed by atoms with Crippen molar-refractivity contribution in [2.75, 3.05) is 33.0 Å². The van der Waals surface area contributed by atoms with E-state index in [1.165, 1.54) is 22.6 Å². The normalized spacial score (nSPS) is 26.0. The maximum absolute atomic E-state index is 12.5. The quantitative estimate of drug-likeness (QED) is 0.677. The Morgan fingerprint density at radius 3 is 2.12 bits per heavy atom. The predicted octanol–water partition coefficient (Wildman–Crippen LogP) is 1.46. The summed E-state index contributed by atoms with van der Waals surface area (Å²) in [6.45, 7) is 6.74. The lowest BCUT2D eigenvalue weighted by molar-refractivity contribution is -0.145. The third-order valence-electron chi connectivity index (χ3n) is 5.07. The third kappa shape index (κ3) is 5.09. The van der Waals surface area contributed by atoms with Gasteiger partial charge < -0.3 is 9.47 Å². The maximum Gasteiger partial charge on any atom is 0.411 e. The molecule has 2 atom stereocenters. The molecule has 0 aromatic heterocycles. The number of carbonyl (C=O) groups is 2. The van der Waals surface area contributed by atoms with Crippen molar-refractivity contribution in [1.29, 1.82) is 0 Å². The molecule has 0 radical (unpaired) electrons. The van der Waals surface area contributed by atoms with E-state index in [0.717, 1.165) is 12.8 Å². The molecule has 2 heterocycles. The molecule has 0 bridgehead atoms. The highest BCUT2D eigenvalue weighted by atomic mass is 32.2. The lowest BCUT2D eigenvalue weighted by Gasteiger charge is -2.33. The molecule has 9 heteroatoms. The Bertz CT molecular complexity index is 634. The van der Waals surface area contributed by atoms with Crippen molar-refractivity contribution in [3.63, 3.8) is 0 Å². The number of piperidine rings is 1. The van der Waals surface area contributed by atoms with Crippen LogP contribution >= 0.6 is 0 Å². The Morgan fingerprint density at radius 1 is 1.08 bits per heavy atom. The van der Waals surface area contributed by atoms with Crippen LogP contribution in [0.3, 0.4) is 0 Å². The zero-order valence-electron chi connectivity index (χ0n) is 16.2. The molecule has 0 N–H and O–H groups in total. The van der Waals surface area contributed by atoms with E-state index in [2.05, 4.69) is 0 Å². The summed E-state index contributed by atoms with van der Waals surface area (Å²) in [6.07, 6.45) is 2.70. The van der Waals surface area contributed by atoms with E-state index in [1.807, 2.05) is 0 Å². The summed E-state index contributed by atoms with van der Waals surface area (Å²) in [4.78, 5) is 26.1. The van der Waals surface area contributed by atoms with Crippen LogP contribution in [0.25, 0.3) is 0 Å². The highest BCUT2D eigenvalue weighted by molar-refractivity contribution is 7.88. The Labute approximate surface area is 155 Å². The van der Waals surface area contributed by atoms with Gasteiger partial charge in [-0.3, -0.25) is 4.90 Å². The average Bonchev–Trinajstić information content (AvgIpc) is 2.97. The van der Waals surface area contributed by atoms with E-state index in [0.29, 0.717) is 26.1 Å². The van der Waals surface area contributed by atoms with Gasteiger partial charge in [0.05, 0.1) is 13.4 Å². The van der Waals surface area contributed by atoms with Crippen molar-refractivity contribution in [2.45, 2.75) is 51.7 Å². The van der Waals surface area contributed by atoms with E-state index in [4.69, 9.17) is 9.47 Å². The van der Waals surface area contributed by atoms with Gasteiger partial charge in [-0.15, -0.1) is 0 Å². The van der Waals surface area contributed by atoms with Crippen molar-refractivity contribution in [1.82, 2.24) is 9.21 Å². The fraction of sp³-hybridized carbons (Fsp3) is 0.882. The molecular weight excluding hydrogens is 360 g/mol. The van der Waals surface area contributed by atoms with Gasteiger partial charge in [-0.2, -0.15) is 0 Å². The van der Waals surface area contributed by atoms with Crippen molar-refractivity contribution in [3.05, 3.63) is 0 Å². The molecule has 8 nitrogen and oxygen atoms in total. The van der Waals surface area contributed by atoms with Crippen molar-refractivity contribution in [2.24, 2.45) is 11.8 Å². The van der Waals surface area contributed by atoms with Gasteiger partial charge in [0.15, 0.2) is 0 Å². The highest BCUT2D eigenvalue weighted by Crippen LogP contribution is 2.36. The Kier molecular flexibility index (Phi) is 6.22. The number of rotatable bonds is 3. The standard InChI is InChI=1S/C17H30N2O6S/c1-17(2,3)25-16(21)19-11-13(10-14(19)15(20)24-4)12-6-8-18(9-7-12)26(5,22)23/h12-14H,6-11H2,1-5H3/t13-,14-/m0/s1. The first-order valence-electron chi connectivity index (χ1n) is 8.95. The van der Waals surface area contributed by atoms with Gasteiger partial charge in [-0.1, -0.05) is 0 Å². The van der Waals surface area contributed by atoms with E-state index < -0.39 is 33.7 Å². The maximum atomic E-state index is 12.5. The van der Waals surface area contributed by atoms with Gasteiger partial charge in [0.2, 0.25) is 10.0 Å². The van der Waals surface area contributed by atoms with E-state index >= 15 is 0 Å². The second-order valence-corrected chi connectivity index (χ2v) is 10.1. The van der Waals surface area contributed by atoms with E-state index in [1.54, 1.807) is 20.8 Å². The van der Waals surface area contributed by atoms with E-state index in [9.17, 15) is 18.0 Å². The average molecular weight is 391 g/mol.